The van der Waals surface area contributed by atoms with Gasteiger partial charge in [-0.2, -0.15) is 0 Å². The van der Waals surface area contributed by atoms with Crippen molar-refractivity contribution < 1.29 is 4.79 Å². The summed E-state index contributed by atoms with van der Waals surface area (Å²) in [4.78, 5) is 11.7. The van der Waals surface area contributed by atoms with Crippen molar-refractivity contribution in [2.45, 2.75) is 53.0 Å². The van der Waals surface area contributed by atoms with Crippen molar-refractivity contribution in [3.8, 4) is 0 Å². The van der Waals surface area contributed by atoms with Gasteiger partial charge in [0.05, 0.1) is 0 Å². The summed E-state index contributed by atoms with van der Waals surface area (Å²) in [6, 6.07) is 1.93. The molecule has 0 bridgehead atoms. The Hall–Kier alpha value is -1.05. The molecular formula is C14H23NO. The monoisotopic (exact) mass is 221 g/mol. The zero-order chi connectivity index (χ0) is 12.0. The molecule has 1 aromatic heterocycles. The summed E-state index contributed by atoms with van der Waals surface area (Å²) in [5, 5.41) is 0. The Morgan fingerprint density at radius 3 is 2.69 bits per heavy atom. The van der Waals surface area contributed by atoms with Crippen LogP contribution in [-0.4, -0.2) is 10.4 Å². The molecular weight excluding hydrogens is 198 g/mol. The molecule has 16 heavy (non-hydrogen) atoms. The van der Waals surface area contributed by atoms with E-state index in [1.165, 1.54) is 25.7 Å². The van der Waals surface area contributed by atoms with Crippen molar-refractivity contribution in [2.75, 3.05) is 0 Å². The van der Waals surface area contributed by atoms with Crippen molar-refractivity contribution in [1.29, 1.82) is 0 Å². The molecule has 90 valence electrons. The van der Waals surface area contributed by atoms with Gasteiger partial charge >= 0.3 is 0 Å². The van der Waals surface area contributed by atoms with Gasteiger partial charge in [0.1, 0.15) is 0 Å². The summed E-state index contributed by atoms with van der Waals surface area (Å²) in [5.41, 5.74) is 0.852. The van der Waals surface area contributed by atoms with Gasteiger partial charge in [-0.1, -0.05) is 40.0 Å². The van der Waals surface area contributed by atoms with Crippen molar-refractivity contribution in [3.63, 3.8) is 0 Å². The Morgan fingerprint density at radius 1 is 1.31 bits per heavy atom. The summed E-state index contributed by atoms with van der Waals surface area (Å²) in [6.07, 6.45) is 9.05. The fourth-order valence-electron chi connectivity index (χ4n) is 1.78. The van der Waals surface area contributed by atoms with Gasteiger partial charge in [0.25, 0.3) is 0 Å². The number of Topliss-reactive ketones (excluding diaryl/α,β-unsaturated/α-hetero) is 1. The number of nitrogens with zero attached hydrogens (tertiary/aromatic N) is 1. The third kappa shape index (κ3) is 3.84. The van der Waals surface area contributed by atoms with E-state index in [4.69, 9.17) is 0 Å². The van der Waals surface area contributed by atoms with Crippen LogP contribution in [0.15, 0.2) is 18.5 Å². The number of aromatic nitrogens is 1. The van der Waals surface area contributed by atoms with Crippen molar-refractivity contribution in [2.24, 2.45) is 5.92 Å². The lowest BCUT2D eigenvalue weighted by Gasteiger charge is -2.02. The molecule has 0 saturated carbocycles. The number of hydrogen-bond donors (Lipinski definition) is 0. The first-order valence-corrected chi connectivity index (χ1v) is 6.35. The second-order valence-corrected chi connectivity index (χ2v) is 4.72. The molecule has 0 saturated heterocycles. The second kappa shape index (κ2) is 6.51. The summed E-state index contributed by atoms with van der Waals surface area (Å²) < 4.78 is 2.13. The normalized spacial score (nSPS) is 11.0. The topological polar surface area (TPSA) is 22.0 Å². The SMILES string of the molecule is CCCCCCn1ccc(C(=O)C(C)C)c1. The highest BCUT2D eigenvalue weighted by Crippen LogP contribution is 2.10. The van der Waals surface area contributed by atoms with Crippen LogP contribution in [0.5, 0.6) is 0 Å². The van der Waals surface area contributed by atoms with E-state index in [1.807, 2.05) is 32.3 Å². The molecule has 2 nitrogen and oxygen atoms in total. The van der Waals surface area contributed by atoms with Crippen LogP contribution < -0.4 is 0 Å². The molecule has 0 aliphatic rings. The fourth-order valence-corrected chi connectivity index (χ4v) is 1.78. The molecule has 0 unspecified atom stereocenters. The Labute approximate surface area is 98.7 Å². The molecule has 1 aromatic rings. The van der Waals surface area contributed by atoms with E-state index in [0.717, 1.165) is 12.1 Å². The maximum absolute atomic E-state index is 11.7. The van der Waals surface area contributed by atoms with Gasteiger partial charge in [0.2, 0.25) is 0 Å². The molecule has 0 N–H and O–H groups in total. The summed E-state index contributed by atoms with van der Waals surface area (Å²) >= 11 is 0. The van der Waals surface area contributed by atoms with E-state index in [9.17, 15) is 4.79 Å². The molecule has 0 aliphatic carbocycles. The number of unbranched alkanes of at least 4 members (excludes halogenated alkanes) is 3. The highest BCUT2D eigenvalue weighted by molar-refractivity contribution is 5.97. The average molecular weight is 221 g/mol. The zero-order valence-electron chi connectivity index (χ0n) is 10.7. The van der Waals surface area contributed by atoms with Crippen molar-refractivity contribution >= 4 is 5.78 Å². The first-order chi connectivity index (χ1) is 7.65. The lowest BCUT2D eigenvalue weighted by atomic mass is 10.0. The number of carbonyl (C=O) groups excluding carboxylic acids is 1. The Balaban J connectivity index is 2.42. The molecule has 0 spiro atoms. The average Bonchev–Trinajstić information content (AvgIpc) is 2.72. The highest BCUT2D eigenvalue weighted by atomic mass is 16.1. The van der Waals surface area contributed by atoms with E-state index in [1.54, 1.807) is 0 Å². The minimum absolute atomic E-state index is 0.0935. The minimum atomic E-state index is 0.0935. The first kappa shape index (κ1) is 13.0. The molecule has 0 amide bonds. The quantitative estimate of drug-likeness (QED) is 0.505. The van der Waals surface area contributed by atoms with Crippen LogP contribution in [0.25, 0.3) is 0 Å². The molecule has 0 fully saturated rings. The third-order valence-corrected chi connectivity index (χ3v) is 2.83. The molecule has 2 heteroatoms. The smallest absolute Gasteiger partial charge is 0.166 e. The van der Waals surface area contributed by atoms with Gasteiger partial charge in [0, 0.05) is 30.4 Å². The van der Waals surface area contributed by atoms with Crippen molar-refractivity contribution in [3.05, 3.63) is 24.0 Å². The van der Waals surface area contributed by atoms with Gasteiger partial charge in [-0.15, -0.1) is 0 Å². The lowest BCUT2D eigenvalue weighted by Crippen LogP contribution is -2.06. The molecule has 1 rings (SSSR count). The van der Waals surface area contributed by atoms with E-state index in [-0.39, 0.29) is 11.7 Å². The predicted octanol–water partition coefficient (Wildman–Crippen LogP) is 3.91. The number of hydrogen-bond acceptors (Lipinski definition) is 1. The largest absolute Gasteiger partial charge is 0.354 e. The number of ketones is 1. The van der Waals surface area contributed by atoms with Gasteiger partial charge in [-0.25, -0.2) is 0 Å². The lowest BCUT2D eigenvalue weighted by molar-refractivity contribution is 0.0939. The van der Waals surface area contributed by atoms with Crippen LogP contribution in [-0.2, 0) is 6.54 Å². The second-order valence-electron chi connectivity index (χ2n) is 4.72. The van der Waals surface area contributed by atoms with Crippen LogP contribution in [0.2, 0.25) is 0 Å². The summed E-state index contributed by atoms with van der Waals surface area (Å²) in [7, 11) is 0. The maximum atomic E-state index is 11.7. The molecule has 0 radical (unpaired) electrons. The van der Waals surface area contributed by atoms with Crippen LogP contribution >= 0.6 is 0 Å². The van der Waals surface area contributed by atoms with Gasteiger partial charge in [0.15, 0.2) is 5.78 Å². The zero-order valence-corrected chi connectivity index (χ0v) is 10.7. The summed E-state index contributed by atoms with van der Waals surface area (Å²) in [6.45, 7) is 7.14. The number of rotatable bonds is 7. The van der Waals surface area contributed by atoms with Crippen LogP contribution in [0.3, 0.4) is 0 Å². The Kier molecular flexibility index (Phi) is 5.30. The minimum Gasteiger partial charge on any atom is -0.354 e. The van der Waals surface area contributed by atoms with Gasteiger partial charge in [-0.3, -0.25) is 4.79 Å². The Morgan fingerprint density at radius 2 is 2.06 bits per heavy atom. The molecule has 0 atom stereocenters. The highest BCUT2D eigenvalue weighted by Gasteiger charge is 2.11. The Bertz CT molecular complexity index is 325. The fraction of sp³-hybridized carbons (Fsp3) is 0.643. The van der Waals surface area contributed by atoms with E-state index in [2.05, 4.69) is 11.5 Å². The van der Waals surface area contributed by atoms with Gasteiger partial charge < -0.3 is 4.57 Å². The molecule has 0 aliphatic heterocycles. The maximum Gasteiger partial charge on any atom is 0.166 e. The molecule has 1 heterocycles. The summed E-state index contributed by atoms with van der Waals surface area (Å²) in [5.74, 6) is 0.336. The van der Waals surface area contributed by atoms with E-state index in [0.29, 0.717) is 0 Å². The molecule has 0 aromatic carbocycles. The third-order valence-electron chi connectivity index (χ3n) is 2.83. The van der Waals surface area contributed by atoms with E-state index < -0.39 is 0 Å². The number of carbonyl (C=O) groups is 1. The van der Waals surface area contributed by atoms with Crippen LogP contribution in [0.1, 0.15) is 56.8 Å². The van der Waals surface area contributed by atoms with Crippen LogP contribution in [0.4, 0.5) is 0 Å². The first-order valence-electron chi connectivity index (χ1n) is 6.35. The predicted molar refractivity (Wildman–Crippen MR) is 67.7 cm³/mol. The van der Waals surface area contributed by atoms with E-state index >= 15 is 0 Å². The number of aryl methyl sites for hydroxylation is 1. The van der Waals surface area contributed by atoms with Gasteiger partial charge in [-0.05, 0) is 12.5 Å². The standard InChI is InChI=1S/C14H23NO/c1-4-5-6-7-9-15-10-8-13(11-15)14(16)12(2)3/h8,10-12H,4-7,9H2,1-3H3. The van der Waals surface area contributed by atoms with Crippen LogP contribution in [0, 0.1) is 5.92 Å². The van der Waals surface area contributed by atoms with Crippen molar-refractivity contribution in [1.82, 2.24) is 4.57 Å².